The highest BCUT2D eigenvalue weighted by molar-refractivity contribution is 6.31. The quantitative estimate of drug-likeness (QED) is 0.581. The standard InChI is InChI=1S/C25H22ClFN2O2/c1-16(17-7-10-22(27)11-8-17)28-24(30)19-9-12-23-18(14-19)5-3-13-29(23)25(31)20-4-2-6-21(26)15-20/h2,4,6-12,14-16H,3,5,13H2,1H3,(H,28,30). The van der Waals surface area contributed by atoms with Gasteiger partial charge in [-0.25, -0.2) is 4.39 Å². The number of amides is 2. The van der Waals surface area contributed by atoms with Crippen LogP contribution in [0, 0.1) is 5.82 Å². The molecule has 1 aliphatic rings. The maximum absolute atomic E-state index is 13.1. The van der Waals surface area contributed by atoms with Gasteiger partial charge in [0, 0.05) is 28.4 Å². The highest BCUT2D eigenvalue weighted by Gasteiger charge is 2.25. The summed E-state index contributed by atoms with van der Waals surface area (Å²) in [5.74, 6) is -0.627. The first-order valence-corrected chi connectivity index (χ1v) is 10.6. The molecule has 3 aromatic rings. The molecule has 0 spiro atoms. The first kappa shape index (κ1) is 21.1. The van der Waals surface area contributed by atoms with E-state index in [1.54, 1.807) is 47.4 Å². The van der Waals surface area contributed by atoms with Crippen molar-refractivity contribution in [3.63, 3.8) is 0 Å². The fourth-order valence-electron chi connectivity index (χ4n) is 3.84. The third-order valence-corrected chi connectivity index (χ3v) is 5.73. The molecular weight excluding hydrogens is 415 g/mol. The van der Waals surface area contributed by atoms with E-state index in [2.05, 4.69) is 5.32 Å². The minimum atomic E-state index is -0.311. The van der Waals surface area contributed by atoms with E-state index >= 15 is 0 Å². The van der Waals surface area contributed by atoms with E-state index in [0.717, 1.165) is 29.7 Å². The summed E-state index contributed by atoms with van der Waals surface area (Å²) in [5.41, 5.74) is 3.68. The van der Waals surface area contributed by atoms with E-state index in [9.17, 15) is 14.0 Å². The van der Waals surface area contributed by atoms with Gasteiger partial charge in [0.1, 0.15) is 5.82 Å². The van der Waals surface area contributed by atoms with Gasteiger partial charge < -0.3 is 10.2 Å². The predicted octanol–water partition coefficient (Wildman–Crippen LogP) is 5.56. The summed E-state index contributed by atoms with van der Waals surface area (Å²) in [6, 6.07) is 18.1. The van der Waals surface area contributed by atoms with Crippen LogP contribution in [0.3, 0.4) is 0 Å². The molecule has 1 heterocycles. The van der Waals surface area contributed by atoms with E-state index in [4.69, 9.17) is 11.6 Å². The van der Waals surface area contributed by atoms with Crippen molar-refractivity contribution in [2.75, 3.05) is 11.4 Å². The van der Waals surface area contributed by atoms with Crippen LogP contribution in [-0.2, 0) is 6.42 Å². The molecule has 1 aliphatic heterocycles. The average molecular weight is 437 g/mol. The molecule has 6 heteroatoms. The van der Waals surface area contributed by atoms with Crippen LogP contribution in [0.5, 0.6) is 0 Å². The Hall–Kier alpha value is -3.18. The number of nitrogens with zero attached hydrogens (tertiary/aromatic N) is 1. The second-order valence-corrected chi connectivity index (χ2v) is 8.10. The fourth-order valence-corrected chi connectivity index (χ4v) is 4.03. The van der Waals surface area contributed by atoms with Crippen molar-refractivity contribution in [1.82, 2.24) is 5.32 Å². The number of rotatable bonds is 4. The van der Waals surface area contributed by atoms with Crippen molar-refractivity contribution >= 4 is 29.1 Å². The lowest BCUT2D eigenvalue weighted by molar-refractivity contribution is 0.0939. The molecule has 0 aliphatic carbocycles. The molecule has 31 heavy (non-hydrogen) atoms. The highest BCUT2D eigenvalue weighted by Crippen LogP contribution is 2.30. The third kappa shape index (κ3) is 4.62. The van der Waals surface area contributed by atoms with Crippen LogP contribution in [0.4, 0.5) is 10.1 Å². The Morgan fingerprint density at radius 3 is 2.55 bits per heavy atom. The third-order valence-electron chi connectivity index (χ3n) is 5.49. The van der Waals surface area contributed by atoms with Crippen molar-refractivity contribution in [3.8, 4) is 0 Å². The Balaban J connectivity index is 1.53. The molecule has 0 fully saturated rings. The fraction of sp³-hybridized carbons (Fsp3) is 0.200. The Labute approximate surface area is 185 Å². The van der Waals surface area contributed by atoms with E-state index in [0.29, 0.717) is 22.7 Å². The minimum Gasteiger partial charge on any atom is -0.346 e. The number of hydrogen-bond donors (Lipinski definition) is 1. The van der Waals surface area contributed by atoms with Crippen molar-refractivity contribution in [2.24, 2.45) is 0 Å². The zero-order valence-corrected chi connectivity index (χ0v) is 17.8. The largest absolute Gasteiger partial charge is 0.346 e. The van der Waals surface area contributed by atoms with Gasteiger partial charge in [0.15, 0.2) is 0 Å². The molecule has 0 bridgehead atoms. The number of hydrogen-bond acceptors (Lipinski definition) is 2. The topological polar surface area (TPSA) is 49.4 Å². The van der Waals surface area contributed by atoms with Crippen LogP contribution in [0.2, 0.25) is 5.02 Å². The molecule has 1 N–H and O–H groups in total. The number of fused-ring (bicyclic) bond motifs is 1. The molecule has 1 atom stereocenters. The number of halogens is 2. The van der Waals surface area contributed by atoms with E-state index in [1.165, 1.54) is 12.1 Å². The number of carbonyl (C=O) groups excluding carboxylic acids is 2. The molecule has 4 nitrogen and oxygen atoms in total. The Morgan fingerprint density at radius 1 is 1.03 bits per heavy atom. The Bertz CT molecular complexity index is 1130. The van der Waals surface area contributed by atoms with E-state index in [-0.39, 0.29) is 23.7 Å². The lowest BCUT2D eigenvalue weighted by atomic mass is 9.98. The summed E-state index contributed by atoms with van der Waals surface area (Å²) >= 11 is 6.04. The van der Waals surface area contributed by atoms with Crippen LogP contribution < -0.4 is 10.2 Å². The van der Waals surface area contributed by atoms with Gasteiger partial charge in [-0.3, -0.25) is 9.59 Å². The van der Waals surface area contributed by atoms with Crippen LogP contribution in [0.15, 0.2) is 66.7 Å². The number of nitrogens with one attached hydrogen (secondary N) is 1. The Kier molecular flexibility index (Phi) is 6.05. The zero-order chi connectivity index (χ0) is 22.0. The molecule has 4 rings (SSSR count). The molecular formula is C25H22ClFN2O2. The maximum Gasteiger partial charge on any atom is 0.258 e. The monoisotopic (exact) mass is 436 g/mol. The lowest BCUT2D eigenvalue weighted by Gasteiger charge is -2.30. The Morgan fingerprint density at radius 2 is 1.81 bits per heavy atom. The van der Waals surface area contributed by atoms with Crippen molar-refractivity contribution in [2.45, 2.75) is 25.8 Å². The van der Waals surface area contributed by atoms with Gasteiger partial charge in [0.05, 0.1) is 6.04 Å². The van der Waals surface area contributed by atoms with E-state index < -0.39 is 0 Å². The average Bonchev–Trinajstić information content (AvgIpc) is 2.78. The van der Waals surface area contributed by atoms with Crippen LogP contribution >= 0.6 is 11.6 Å². The zero-order valence-electron chi connectivity index (χ0n) is 17.1. The summed E-state index contributed by atoms with van der Waals surface area (Å²) in [5, 5.41) is 3.47. The normalized spacial score (nSPS) is 14.0. The van der Waals surface area contributed by atoms with Gasteiger partial charge in [-0.1, -0.05) is 29.8 Å². The number of benzene rings is 3. The SMILES string of the molecule is CC(NC(=O)c1ccc2c(c1)CCCN2C(=O)c1cccc(Cl)c1)c1ccc(F)cc1. The lowest BCUT2D eigenvalue weighted by Crippen LogP contribution is -2.35. The van der Waals surface area contributed by atoms with Gasteiger partial charge >= 0.3 is 0 Å². The molecule has 2 amide bonds. The maximum atomic E-state index is 13.1. The van der Waals surface area contributed by atoms with Crippen LogP contribution in [0.25, 0.3) is 0 Å². The number of aryl methyl sites for hydroxylation is 1. The molecule has 0 aromatic heterocycles. The molecule has 3 aromatic carbocycles. The van der Waals surface area contributed by atoms with Gasteiger partial charge in [0.2, 0.25) is 0 Å². The molecule has 0 radical (unpaired) electrons. The summed E-state index contributed by atoms with van der Waals surface area (Å²) in [4.78, 5) is 27.5. The second-order valence-electron chi connectivity index (χ2n) is 7.66. The molecule has 0 saturated heterocycles. The van der Waals surface area contributed by atoms with E-state index in [1.807, 2.05) is 19.1 Å². The van der Waals surface area contributed by atoms with Crippen molar-refractivity contribution in [1.29, 1.82) is 0 Å². The van der Waals surface area contributed by atoms with Crippen LogP contribution in [-0.4, -0.2) is 18.4 Å². The summed E-state index contributed by atoms with van der Waals surface area (Å²) in [6.45, 7) is 2.47. The second kappa shape index (κ2) is 8.90. The van der Waals surface area contributed by atoms with Gasteiger partial charge in [-0.2, -0.15) is 0 Å². The van der Waals surface area contributed by atoms with Gasteiger partial charge in [0.25, 0.3) is 11.8 Å². The highest BCUT2D eigenvalue weighted by atomic mass is 35.5. The van der Waals surface area contributed by atoms with Crippen molar-refractivity contribution in [3.05, 3.63) is 99.8 Å². The summed E-state index contributed by atoms with van der Waals surface area (Å²) in [7, 11) is 0. The first-order valence-electron chi connectivity index (χ1n) is 10.2. The molecule has 1 unspecified atom stereocenters. The summed E-state index contributed by atoms with van der Waals surface area (Å²) < 4.78 is 13.1. The smallest absolute Gasteiger partial charge is 0.258 e. The van der Waals surface area contributed by atoms with Gasteiger partial charge in [-0.05, 0) is 79.4 Å². The van der Waals surface area contributed by atoms with Crippen molar-refractivity contribution < 1.29 is 14.0 Å². The first-order chi connectivity index (χ1) is 14.9. The number of anilines is 1. The molecule has 158 valence electrons. The van der Waals surface area contributed by atoms with Crippen LogP contribution in [0.1, 0.15) is 51.2 Å². The molecule has 0 saturated carbocycles. The predicted molar refractivity (Wildman–Crippen MR) is 120 cm³/mol. The summed E-state index contributed by atoms with van der Waals surface area (Å²) in [6.07, 6.45) is 1.61. The number of carbonyl (C=O) groups is 2. The van der Waals surface area contributed by atoms with Gasteiger partial charge in [-0.15, -0.1) is 0 Å². The minimum absolute atomic E-state index is 0.106.